The Kier molecular flexibility index (Phi) is 9.82. The monoisotopic (exact) mass is 560 g/mol. The number of esters is 1. The largest absolute Gasteiger partial charge is 0.490 e. The second-order valence-electron chi connectivity index (χ2n) is 6.77. The van der Waals surface area contributed by atoms with Crippen LogP contribution in [-0.4, -0.2) is 43.8 Å². The second-order valence-corrected chi connectivity index (χ2v) is 7.80. The Morgan fingerprint density at radius 3 is 2.87 bits per heavy atom. The normalized spacial score (nSPS) is 14.1. The number of ether oxygens (including phenoxy) is 3. The summed E-state index contributed by atoms with van der Waals surface area (Å²) in [6, 6.07) is 5.76. The third kappa shape index (κ3) is 6.45. The molecule has 8 nitrogen and oxygen atoms in total. The summed E-state index contributed by atoms with van der Waals surface area (Å²) in [5, 5.41) is 7.42. The van der Waals surface area contributed by atoms with Gasteiger partial charge >= 0.3 is 5.97 Å². The van der Waals surface area contributed by atoms with Crippen molar-refractivity contribution in [3.8, 4) is 11.5 Å². The number of nitrogens with zero attached hydrogens (tertiary/aromatic N) is 2. The number of aromatic nitrogens is 1. The van der Waals surface area contributed by atoms with Crippen molar-refractivity contribution in [2.45, 2.75) is 39.8 Å². The Labute approximate surface area is 203 Å². The fraction of sp³-hybridized carbons (Fsp3) is 0.476. The van der Waals surface area contributed by atoms with E-state index in [1.165, 1.54) is 11.3 Å². The number of aryl methyl sites for hydroxylation is 1. The van der Waals surface area contributed by atoms with Gasteiger partial charge in [0.2, 0.25) is 0 Å². The van der Waals surface area contributed by atoms with E-state index in [-0.39, 0.29) is 36.0 Å². The van der Waals surface area contributed by atoms with Gasteiger partial charge < -0.3 is 24.8 Å². The molecular formula is C21H29IN4O4S. The highest BCUT2D eigenvalue weighted by molar-refractivity contribution is 14.0. The van der Waals surface area contributed by atoms with Gasteiger partial charge in [-0.15, -0.1) is 35.3 Å². The average Bonchev–Trinajstić information content (AvgIpc) is 2.97. The molecule has 1 aliphatic heterocycles. The molecule has 0 saturated carbocycles. The van der Waals surface area contributed by atoms with E-state index in [1.54, 1.807) is 14.0 Å². The van der Waals surface area contributed by atoms with Crippen molar-refractivity contribution in [2.24, 2.45) is 4.99 Å². The Bertz CT molecular complexity index is 919. The Hall–Kier alpha value is -2.08. The smallest absolute Gasteiger partial charge is 0.350 e. The number of fused-ring (bicyclic) bond motifs is 1. The lowest BCUT2D eigenvalue weighted by Crippen LogP contribution is -2.38. The summed E-state index contributed by atoms with van der Waals surface area (Å²) in [4.78, 5) is 21.4. The molecular weight excluding hydrogens is 531 g/mol. The maximum absolute atomic E-state index is 12.1. The first kappa shape index (κ1) is 25.2. The van der Waals surface area contributed by atoms with Crippen molar-refractivity contribution in [1.82, 2.24) is 15.6 Å². The van der Waals surface area contributed by atoms with Crippen LogP contribution in [0.15, 0.2) is 23.2 Å². The third-order valence-electron chi connectivity index (χ3n) is 4.52. The van der Waals surface area contributed by atoms with Crippen LogP contribution in [0, 0.1) is 6.92 Å². The number of halogens is 1. The molecule has 0 saturated heterocycles. The number of thiazole rings is 1. The van der Waals surface area contributed by atoms with Gasteiger partial charge in [0.25, 0.3) is 0 Å². The predicted octanol–water partition coefficient (Wildman–Crippen LogP) is 3.83. The van der Waals surface area contributed by atoms with Crippen LogP contribution < -0.4 is 20.1 Å². The van der Waals surface area contributed by atoms with Gasteiger partial charge in [-0.3, -0.25) is 4.99 Å². The lowest BCUT2D eigenvalue weighted by atomic mass is 10.2. The number of hydrogen-bond donors (Lipinski definition) is 2. The van der Waals surface area contributed by atoms with E-state index in [0.29, 0.717) is 42.9 Å². The van der Waals surface area contributed by atoms with Gasteiger partial charge in [0, 0.05) is 25.6 Å². The lowest BCUT2D eigenvalue weighted by Gasteiger charge is -2.18. The Balaban J connectivity index is 0.00000341. The lowest BCUT2D eigenvalue weighted by molar-refractivity contribution is 0.0531. The number of para-hydroxylation sites is 1. The van der Waals surface area contributed by atoms with Gasteiger partial charge in [-0.1, -0.05) is 12.1 Å². The average molecular weight is 560 g/mol. The van der Waals surface area contributed by atoms with Crippen LogP contribution in [0.4, 0.5) is 0 Å². The number of rotatable bonds is 6. The molecule has 2 aromatic rings. The highest BCUT2D eigenvalue weighted by Crippen LogP contribution is 2.33. The van der Waals surface area contributed by atoms with Crippen LogP contribution in [-0.2, 0) is 11.3 Å². The summed E-state index contributed by atoms with van der Waals surface area (Å²) < 4.78 is 16.7. The van der Waals surface area contributed by atoms with Gasteiger partial charge in [0.1, 0.15) is 9.88 Å². The van der Waals surface area contributed by atoms with Crippen molar-refractivity contribution in [1.29, 1.82) is 0 Å². The minimum absolute atomic E-state index is 0. The van der Waals surface area contributed by atoms with Gasteiger partial charge in [-0.25, -0.2) is 9.78 Å². The molecule has 10 heteroatoms. The van der Waals surface area contributed by atoms with E-state index in [9.17, 15) is 4.79 Å². The molecule has 3 rings (SSSR count). The molecule has 170 valence electrons. The van der Waals surface area contributed by atoms with Gasteiger partial charge in [-0.2, -0.15) is 0 Å². The van der Waals surface area contributed by atoms with E-state index in [1.807, 2.05) is 32.0 Å². The number of carbonyl (C=O) groups excluding carboxylic acids is 1. The first-order valence-corrected chi connectivity index (χ1v) is 10.8. The molecule has 0 aliphatic carbocycles. The molecule has 1 unspecified atom stereocenters. The Morgan fingerprint density at radius 1 is 1.35 bits per heavy atom. The molecule has 1 aromatic heterocycles. The number of benzene rings is 1. The van der Waals surface area contributed by atoms with Gasteiger partial charge in [-0.05, 0) is 26.8 Å². The van der Waals surface area contributed by atoms with Crippen molar-refractivity contribution in [2.75, 3.05) is 26.9 Å². The molecule has 1 aliphatic rings. The van der Waals surface area contributed by atoms with E-state index in [0.717, 1.165) is 28.5 Å². The topological polar surface area (TPSA) is 94.1 Å². The third-order valence-corrected chi connectivity index (χ3v) is 5.84. The van der Waals surface area contributed by atoms with E-state index in [2.05, 4.69) is 20.6 Å². The molecule has 0 amide bonds. The molecule has 1 aromatic carbocycles. The zero-order chi connectivity index (χ0) is 21.5. The minimum Gasteiger partial charge on any atom is -0.490 e. The van der Waals surface area contributed by atoms with Crippen LogP contribution >= 0.6 is 35.3 Å². The molecule has 1 atom stereocenters. The summed E-state index contributed by atoms with van der Waals surface area (Å²) in [7, 11) is 1.71. The summed E-state index contributed by atoms with van der Waals surface area (Å²) in [6.45, 7) is 7.75. The maximum Gasteiger partial charge on any atom is 0.350 e. The molecule has 0 fully saturated rings. The van der Waals surface area contributed by atoms with Crippen LogP contribution in [0.2, 0.25) is 0 Å². The number of carbonyl (C=O) groups is 1. The van der Waals surface area contributed by atoms with Crippen molar-refractivity contribution >= 4 is 47.2 Å². The highest BCUT2D eigenvalue weighted by Gasteiger charge is 2.20. The zero-order valence-electron chi connectivity index (χ0n) is 18.2. The summed E-state index contributed by atoms with van der Waals surface area (Å²) in [6.07, 6.45) is 0.864. The molecule has 2 heterocycles. The molecule has 2 N–H and O–H groups in total. The zero-order valence-corrected chi connectivity index (χ0v) is 21.3. The van der Waals surface area contributed by atoms with Crippen molar-refractivity contribution in [3.63, 3.8) is 0 Å². The SMILES string of the molecule is CCOC(=O)c1sc(C(C)NC(=NC)NCc2cccc3c2OCCCO3)nc1C.I. The number of nitrogens with one attached hydrogen (secondary N) is 2. The molecule has 0 bridgehead atoms. The van der Waals surface area contributed by atoms with Crippen molar-refractivity contribution < 1.29 is 19.0 Å². The van der Waals surface area contributed by atoms with E-state index < -0.39 is 0 Å². The molecule has 31 heavy (non-hydrogen) atoms. The van der Waals surface area contributed by atoms with E-state index >= 15 is 0 Å². The summed E-state index contributed by atoms with van der Waals surface area (Å²) in [5.74, 6) is 1.84. The fourth-order valence-electron chi connectivity index (χ4n) is 3.02. The standard InChI is InChI=1S/C21H28N4O4S.HI/c1-5-27-20(26)18-13(2)24-19(30-18)14(3)25-21(22-4)23-12-15-8-6-9-16-17(15)29-11-7-10-28-16;/h6,8-9,14H,5,7,10-12H2,1-4H3,(H2,22,23,25);1H. The number of guanidine groups is 1. The summed E-state index contributed by atoms with van der Waals surface area (Å²) in [5.41, 5.74) is 1.67. The summed E-state index contributed by atoms with van der Waals surface area (Å²) >= 11 is 1.34. The fourth-order valence-corrected chi connectivity index (χ4v) is 3.99. The second kappa shape index (κ2) is 12.1. The predicted molar refractivity (Wildman–Crippen MR) is 132 cm³/mol. The highest BCUT2D eigenvalue weighted by atomic mass is 127. The minimum atomic E-state index is -0.333. The maximum atomic E-state index is 12.1. The first-order chi connectivity index (χ1) is 14.5. The first-order valence-electron chi connectivity index (χ1n) is 10.0. The number of hydrogen-bond acceptors (Lipinski definition) is 7. The number of aliphatic imine (C=N–C) groups is 1. The molecule has 0 radical (unpaired) electrons. The van der Waals surface area contributed by atoms with Crippen molar-refractivity contribution in [3.05, 3.63) is 39.3 Å². The van der Waals surface area contributed by atoms with Gasteiger partial charge in [0.05, 0.1) is 31.6 Å². The Morgan fingerprint density at radius 2 is 2.13 bits per heavy atom. The van der Waals surface area contributed by atoms with Gasteiger partial charge in [0.15, 0.2) is 17.5 Å². The van der Waals surface area contributed by atoms with Crippen LogP contribution in [0.25, 0.3) is 0 Å². The molecule has 0 spiro atoms. The van der Waals surface area contributed by atoms with Crippen LogP contribution in [0.3, 0.4) is 0 Å². The van der Waals surface area contributed by atoms with E-state index in [4.69, 9.17) is 14.2 Å². The quantitative estimate of drug-likeness (QED) is 0.240. The van der Waals surface area contributed by atoms with Crippen LogP contribution in [0.1, 0.15) is 52.2 Å². The van der Waals surface area contributed by atoms with Crippen LogP contribution in [0.5, 0.6) is 11.5 Å².